The maximum atomic E-state index is 12.1. The molecule has 1 amide bonds. The van der Waals surface area contributed by atoms with Crippen molar-refractivity contribution in [2.45, 2.75) is 33.6 Å². The van der Waals surface area contributed by atoms with E-state index in [2.05, 4.69) is 29.5 Å². The summed E-state index contributed by atoms with van der Waals surface area (Å²) < 4.78 is 0. The van der Waals surface area contributed by atoms with Gasteiger partial charge >= 0.3 is 0 Å². The van der Waals surface area contributed by atoms with Crippen molar-refractivity contribution in [2.75, 3.05) is 17.2 Å². The third-order valence-electron chi connectivity index (χ3n) is 3.52. The third-order valence-corrected chi connectivity index (χ3v) is 3.52. The number of hydrogen-bond acceptors (Lipinski definition) is 3. The van der Waals surface area contributed by atoms with Gasteiger partial charge in [0.15, 0.2) is 0 Å². The summed E-state index contributed by atoms with van der Waals surface area (Å²) >= 11 is 0. The van der Waals surface area contributed by atoms with Gasteiger partial charge in [0.25, 0.3) is 0 Å². The van der Waals surface area contributed by atoms with Crippen LogP contribution in [0.2, 0.25) is 0 Å². The molecule has 4 nitrogen and oxygen atoms in total. The highest BCUT2D eigenvalue weighted by atomic mass is 16.1. The lowest BCUT2D eigenvalue weighted by atomic mass is 10.1. The first kappa shape index (κ1) is 17.0. The summed E-state index contributed by atoms with van der Waals surface area (Å²) in [5.41, 5.74) is 2.90. The van der Waals surface area contributed by atoms with Gasteiger partial charge in [0.1, 0.15) is 5.82 Å². The summed E-state index contributed by atoms with van der Waals surface area (Å²) in [6.45, 7) is 7.32. The molecule has 0 saturated heterocycles. The lowest BCUT2D eigenvalue weighted by molar-refractivity contribution is -0.115. The van der Waals surface area contributed by atoms with Crippen LogP contribution in [-0.4, -0.2) is 17.4 Å². The van der Waals surface area contributed by atoms with Crippen LogP contribution in [-0.2, 0) is 11.2 Å². The molecule has 0 atom stereocenters. The van der Waals surface area contributed by atoms with E-state index in [4.69, 9.17) is 0 Å². The van der Waals surface area contributed by atoms with E-state index in [0.29, 0.717) is 12.3 Å². The van der Waals surface area contributed by atoms with Gasteiger partial charge in [-0.3, -0.25) is 4.79 Å². The highest BCUT2D eigenvalue weighted by molar-refractivity contribution is 5.92. The van der Waals surface area contributed by atoms with Crippen LogP contribution < -0.4 is 10.6 Å². The molecule has 0 fully saturated rings. The molecule has 2 N–H and O–H groups in total. The smallest absolute Gasteiger partial charge is 0.228 e. The molecule has 2 aromatic rings. The Bertz CT molecular complexity index is 635. The number of benzene rings is 1. The van der Waals surface area contributed by atoms with Gasteiger partial charge in [0, 0.05) is 6.54 Å². The number of anilines is 2. The Morgan fingerprint density at radius 2 is 2.04 bits per heavy atom. The number of aryl methyl sites for hydroxylation is 1. The van der Waals surface area contributed by atoms with Crippen molar-refractivity contribution < 1.29 is 4.79 Å². The Morgan fingerprint density at radius 1 is 1.22 bits per heavy atom. The van der Waals surface area contributed by atoms with Crippen LogP contribution in [0.5, 0.6) is 0 Å². The van der Waals surface area contributed by atoms with E-state index in [1.165, 1.54) is 0 Å². The molecule has 1 heterocycles. The second-order valence-corrected chi connectivity index (χ2v) is 6.26. The van der Waals surface area contributed by atoms with Crippen molar-refractivity contribution in [3.8, 4) is 0 Å². The van der Waals surface area contributed by atoms with Gasteiger partial charge < -0.3 is 10.6 Å². The fraction of sp³-hybridized carbons (Fsp3) is 0.368. The lowest BCUT2D eigenvalue weighted by Gasteiger charge is -2.09. The molecule has 0 saturated carbocycles. The standard InChI is InChI=1S/C19H25N3O/c1-14(2)9-10-20-18-8-7-17(13-21-18)22-19(23)12-16-6-4-5-15(3)11-16/h4-8,11,13-14H,9-10,12H2,1-3H3,(H,20,21)(H,22,23). The number of amides is 1. The van der Waals surface area contributed by atoms with E-state index in [9.17, 15) is 4.79 Å². The SMILES string of the molecule is Cc1cccc(CC(=O)Nc2ccc(NCCC(C)C)nc2)c1. The van der Waals surface area contributed by atoms with Gasteiger partial charge in [0.2, 0.25) is 5.91 Å². The zero-order chi connectivity index (χ0) is 16.7. The van der Waals surface area contributed by atoms with Crippen molar-refractivity contribution in [3.63, 3.8) is 0 Å². The fourth-order valence-corrected chi connectivity index (χ4v) is 2.27. The Balaban J connectivity index is 1.84. The van der Waals surface area contributed by atoms with Crippen LogP contribution in [0.1, 0.15) is 31.4 Å². The van der Waals surface area contributed by atoms with Crippen molar-refractivity contribution in [2.24, 2.45) is 5.92 Å². The molecule has 23 heavy (non-hydrogen) atoms. The fourth-order valence-electron chi connectivity index (χ4n) is 2.27. The van der Waals surface area contributed by atoms with Crippen LogP contribution in [0.3, 0.4) is 0 Å². The highest BCUT2D eigenvalue weighted by Gasteiger charge is 2.05. The van der Waals surface area contributed by atoms with Gasteiger partial charge in [-0.05, 0) is 37.0 Å². The number of hydrogen-bond donors (Lipinski definition) is 2. The molecule has 0 unspecified atom stereocenters. The lowest BCUT2D eigenvalue weighted by Crippen LogP contribution is -2.14. The summed E-state index contributed by atoms with van der Waals surface area (Å²) in [4.78, 5) is 16.4. The first-order valence-electron chi connectivity index (χ1n) is 8.08. The van der Waals surface area contributed by atoms with Crippen LogP contribution in [0.25, 0.3) is 0 Å². The van der Waals surface area contributed by atoms with Crippen LogP contribution >= 0.6 is 0 Å². The molecular weight excluding hydrogens is 286 g/mol. The average molecular weight is 311 g/mol. The molecule has 0 bridgehead atoms. The Kier molecular flexibility index (Phi) is 6.15. The zero-order valence-electron chi connectivity index (χ0n) is 14.1. The third kappa shape index (κ3) is 6.10. The van der Waals surface area contributed by atoms with Crippen molar-refractivity contribution >= 4 is 17.4 Å². The molecule has 2 rings (SSSR count). The number of carbonyl (C=O) groups excluding carboxylic acids is 1. The number of rotatable bonds is 7. The molecule has 0 aliphatic rings. The molecule has 0 radical (unpaired) electrons. The summed E-state index contributed by atoms with van der Waals surface area (Å²) in [7, 11) is 0. The first-order chi connectivity index (χ1) is 11.0. The topological polar surface area (TPSA) is 54.0 Å². The molecular formula is C19H25N3O. The summed E-state index contributed by atoms with van der Waals surface area (Å²) in [6, 6.07) is 11.8. The molecule has 122 valence electrons. The molecule has 0 aliphatic carbocycles. The normalized spacial score (nSPS) is 10.6. The quantitative estimate of drug-likeness (QED) is 0.811. The number of aromatic nitrogens is 1. The summed E-state index contributed by atoms with van der Waals surface area (Å²) in [5, 5.41) is 6.16. The van der Waals surface area contributed by atoms with E-state index in [-0.39, 0.29) is 5.91 Å². The Morgan fingerprint density at radius 3 is 2.70 bits per heavy atom. The van der Waals surface area contributed by atoms with Gasteiger partial charge in [-0.2, -0.15) is 0 Å². The molecule has 0 aliphatic heterocycles. The number of nitrogens with one attached hydrogen (secondary N) is 2. The van der Waals surface area contributed by atoms with Crippen molar-refractivity contribution in [1.29, 1.82) is 0 Å². The summed E-state index contributed by atoms with van der Waals surface area (Å²) in [6.07, 6.45) is 3.17. The van der Waals surface area contributed by atoms with Crippen LogP contribution in [0.15, 0.2) is 42.6 Å². The minimum absolute atomic E-state index is 0.0297. The zero-order valence-corrected chi connectivity index (χ0v) is 14.1. The van der Waals surface area contributed by atoms with E-state index in [1.807, 2.05) is 43.3 Å². The number of carbonyl (C=O) groups is 1. The molecule has 4 heteroatoms. The summed E-state index contributed by atoms with van der Waals surface area (Å²) in [5.74, 6) is 1.47. The van der Waals surface area contributed by atoms with Gasteiger partial charge in [0.05, 0.1) is 18.3 Å². The van der Waals surface area contributed by atoms with E-state index < -0.39 is 0 Å². The predicted molar refractivity (Wildman–Crippen MR) is 95.7 cm³/mol. The van der Waals surface area contributed by atoms with E-state index >= 15 is 0 Å². The number of pyridine rings is 1. The average Bonchev–Trinajstić information content (AvgIpc) is 2.48. The minimum Gasteiger partial charge on any atom is -0.370 e. The highest BCUT2D eigenvalue weighted by Crippen LogP contribution is 2.12. The largest absolute Gasteiger partial charge is 0.370 e. The van der Waals surface area contributed by atoms with E-state index in [0.717, 1.165) is 35.6 Å². The molecule has 1 aromatic heterocycles. The second-order valence-electron chi connectivity index (χ2n) is 6.26. The van der Waals surface area contributed by atoms with Crippen molar-refractivity contribution in [3.05, 3.63) is 53.7 Å². The predicted octanol–water partition coefficient (Wildman–Crippen LogP) is 4.03. The van der Waals surface area contributed by atoms with Crippen LogP contribution in [0, 0.1) is 12.8 Å². The Hall–Kier alpha value is -2.36. The molecule has 1 aromatic carbocycles. The van der Waals surface area contributed by atoms with Gasteiger partial charge in [-0.15, -0.1) is 0 Å². The maximum Gasteiger partial charge on any atom is 0.228 e. The van der Waals surface area contributed by atoms with Crippen LogP contribution in [0.4, 0.5) is 11.5 Å². The minimum atomic E-state index is -0.0297. The number of nitrogens with zero attached hydrogens (tertiary/aromatic N) is 1. The maximum absolute atomic E-state index is 12.1. The Labute approximate surface area is 138 Å². The van der Waals surface area contributed by atoms with Crippen molar-refractivity contribution in [1.82, 2.24) is 4.98 Å². The monoisotopic (exact) mass is 311 g/mol. The molecule has 0 spiro atoms. The first-order valence-corrected chi connectivity index (χ1v) is 8.08. The van der Waals surface area contributed by atoms with Gasteiger partial charge in [-0.25, -0.2) is 4.98 Å². The van der Waals surface area contributed by atoms with E-state index in [1.54, 1.807) is 6.20 Å². The second kappa shape index (κ2) is 8.32. The van der Waals surface area contributed by atoms with Gasteiger partial charge in [-0.1, -0.05) is 43.7 Å².